The standard InChI is InChI=1S/C18H27N3O4/c1-18(2,3)25-16(22)20-14-10-7-11-21(15(14)19)17(23)24-12-13-8-5-4-6-9-13/h4-6,8-9,14-15H,7,10-12,19H2,1-3H3,(H,20,22). The maximum atomic E-state index is 12.3. The second-order valence-corrected chi connectivity index (χ2v) is 7.12. The van der Waals surface area contributed by atoms with Crippen LogP contribution in [0.2, 0.25) is 0 Å². The normalized spacial score (nSPS) is 20.7. The molecule has 1 aromatic rings. The molecule has 0 aromatic heterocycles. The van der Waals surface area contributed by atoms with Gasteiger partial charge in [-0.2, -0.15) is 0 Å². The summed E-state index contributed by atoms with van der Waals surface area (Å²) < 4.78 is 10.6. The fourth-order valence-electron chi connectivity index (χ4n) is 2.65. The topological polar surface area (TPSA) is 93.9 Å². The second-order valence-electron chi connectivity index (χ2n) is 7.12. The number of carbonyl (C=O) groups is 2. The molecule has 1 aromatic carbocycles. The fourth-order valence-corrected chi connectivity index (χ4v) is 2.65. The molecule has 0 aliphatic carbocycles. The Hall–Kier alpha value is -2.28. The molecule has 0 spiro atoms. The second kappa shape index (κ2) is 8.20. The van der Waals surface area contributed by atoms with Gasteiger partial charge in [0.1, 0.15) is 18.4 Å². The number of alkyl carbamates (subject to hydrolysis) is 1. The number of nitrogens with two attached hydrogens (primary N) is 1. The van der Waals surface area contributed by atoms with Gasteiger partial charge in [-0.3, -0.25) is 4.90 Å². The Labute approximate surface area is 148 Å². The molecule has 7 nitrogen and oxygen atoms in total. The SMILES string of the molecule is CC(C)(C)OC(=O)NC1CCCN(C(=O)OCc2ccccc2)C1N. The van der Waals surface area contributed by atoms with Gasteiger partial charge in [0.25, 0.3) is 0 Å². The molecule has 0 saturated carbocycles. The summed E-state index contributed by atoms with van der Waals surface area (Å²) in [6.07, 6.45) is -0.249. The van der Waals surface area contributed by atoms with Crippen LogP contribution in [0.15, 0.2) is 30.3 Å². The Bertz CT molecular complexity index is 586. The summed E-state index contributed by atoms with van der Waals surface area (Å²) in [5.41, 5.74) is 6.48. The lowest BCUT2D eigenvalue weighted by Crippen LogP contribution is -2.61. The Morgan fingerprint density at radius 2 is 1.96 bits per heavy atom. The van der Waals surface area contributed by atoms with Gasteiger partial charge >= 0.3 is 12.2 Å². The summed E-state index contributed by atoms with van der Waals surface area (Å²) in [7, 11) is 0. The third-order valence-corrected chi connectivity index (χ3v) is 3.83. The smallest absolute Gasteiger partial charge is 0.411 e. The van der Waals surface area contributed by atoms with Gasteiger partial charge in [-0.05, 0) is 39.2 Å². The van der Waals surface area contributed by atoms with Crippen molar-refractivity contribution in [1.82, 2.24) is 10.2 Å². The van der Waals surface area contributed by atoms with Crippen LogP contribution in [0.4, 0.5) is 9.59 Å². The average molecular weight is 349 g/mol. The van der Waals surface area contributed by atoms with E-state index in [0.29, 0.717) is 13.0 Å². The van der Waals surface area contributed by atoms with Crippen molar-refractivity contribution in [2.75, 3.05) is 6.54 Å². The van der Waals surface area contributed by atoms with Crippen LogP contribution in [-0.2, 0) is 16.1 Å². The molecule has 2 amide bonds. The summed E-state index contributed by atoms with van der Waals surface area (Å²) in [5.74, 6) is 0. The fraction of sp³-hybridized carbons (Fsp3) is 0.556. The minimum Gasteiger partial charge on any atom is -0.445 e. The third-order valence-electron chi connectivity index (χ3n) is 3.83. The van der Waals surface area contributed by atoms with E-state index in [1.807, 2.05) is 30.3 Å². The number of amides is 2. The minimum absolute atomic E-state index is 0.188. The monoisotopic (exact) mass is 349 g/mol. The maximum absolute atomic E-state index is 12.3. The van der Waals surface area contributed by atoms with Crippen molar-refractivity contribution >= 4 is 12.2 Å². The van der Waals surface area contributed by atoms with Gasteiger partial charge in [-0.15, -0.1) is 0 Å². The van der Waals surface area contributed by atoms with Crippen LogP contribution in [0.25, 0.3) is 0 Å². The third kappa shape index (κ3) is 5.94. The molecule has 1 saturated heterocycles. The Morgan fingerprint density at radius 3 is 2.60 bits per heavy atom. The van der Waals surface area contributed by atoms with Crippen molar-refractivity contribution in [1.29, 1.82) is 0 Å². The molecule has 3 N–H and O–H groups in total. The molecule has 1 aliphatic heterocycles. The number of benzene rings is 1. The lowest BCUT2D eigenvalue weighted by atomic mass is 10.0. The van der Waals surface area contributed by atoms with Crippen LogP contribution in [0, 0.1) is 0 Å². The van der Waals surface area contributed by atoms with Gasteiger partial charge in [0.15, 0.2) is 0 Å². The molecule has 2 rings (SSSR count). The number of rotatable bonds is 3. The first-order valence-electron chi connectivity index (χ1n) is 8.49. The number of hydrogen-bond acceptors (Lipinski definition) is 5. The molecule has 25 heavy (non-hydrogen) atoms. The number of nitrogens with one attached hydrogen (secondary N) is 1. The predicted octanol–water partition coefficient (Wildman–Crippen LogP) is 2.60. The van der Waals surface area contributed by atoms with Gasteiger partial charge < -0.3 is 20.5 Å². The Morgan fingerprint density at radius 1 is 1.28 bits per heavy atom. The average Bonchev–Trinajstić information content (AvgIpc) is 2.54. The van der Waals surface area contributed by atoms with E-state index in [1.54, 1.807) is 20.8 Å². The minimum atomic E-state index is -0.649. The van der Waals surface area contributed by atoms with Crippen LogP contribution in [-0.4, -0.2) is 41.4 Å². The molecule has 1 aliphatic rings. The number of piperidine rings is 1. The number of carbonyl (C=O) groups excluding carboxylic acids is 2. The zero-order valence-electron chi connectivity index (χ0n) is 15.0. The molecule has 7 heteroatoms. The van der Waals surface area contributed by atoms with E-state index in [4.69, 9.17) is 15.2 Å². The number of nitrogens with zero attached hydrogens (tertiary/aromatic N) is 1. The molecule has 1 heterocycles. The van der Waals surface area contributed by atoms with E-state index in [0.717, 1.165) is 12.0 Å². The zero-order valence-corrected chi connectivity index (χ0v) is 15.0. The number of ether oxygens (including phenoxy) is 2. The van der Waals surface area contributed by atoms with Gasteiger partial charge in [0, 0.05) is 6.54 Å². The molecular formula is C18H27N3O4. The predicted molar refractivity (Wildman–Crippen MR) is 93.7 cm³/mol. The van der Waals surface area contributed by atoms with Gasteiger partial charge in [0.2, 0.25) is 0 Å². The maximum Gasteiger partial charge on any atom is 0.411 e. The zero-order chi connectivity index (χ0) is 18.4. The van der Waals surface area contributed by atoms with Crippen molar-refractivity contribution in [3.8, 4) is 0 Å². The van der Waals surface area contributed by atoms with E-state index in [1.165, 1.54) is 4.90 Å². The molecule has 0 bridgehead atoms. The van der Waals surface area contributed by atoms with Crippen LogP contribution in [0.5, 0.6) is 0 Å². The first kappa shape index (κ1) is 19.1. The largest absolute Gasteiger partial charge is 0.445 e. The van der Waals surface area contributed by atoms with Crippen molar-refractivity contribution in [3.63, 3.8) is 0 Å². The van der Waals surface area contributed by atoms with Crippen molar-refractivity contribution in [2.45, 2.75) is 58.0 Å². The molecular weight excluding hydrogens is 322 g/mol. The van der Waals surface area contributed by atoms with Crippen LogP contribution in [0.1, 0.15) is 39.2 Å². The molecule has 0 radical (unpaired) electrons. The summed E-state index contributed by atoms with van der Waals surface area (Å²) in [6.45, 7) is 6.07. The van der Waals surface area contributed by atoms with Gasteiger partial charge in [-0.1, -0.05) is 30.3 Å². The van der Waals surface area contributed by atoms with E-state index in [2.05, 4.69) is 5.32 Å². The highest BCUT2D eigenvalue weighted by Gasteiger charge is 2.34. The van der Waals surface area contributed by atoms with Crippen LogP contribution >= 0.6 is 0 Å². The van der Waals surface area contributed by atoms with E-state index >= 15 is 0 Å². The number of likely N-dealkylation sites (tertiary alicyclic amines) is 1. The summed E-state index contributed by atoms with van der Waals surface area (Å²) >= 11 is 0. The molecule has 2 atom stereocenters. The summed E-state index contributed by atoms with van der Waals surface area (Å²) in [6, 6.07) is 9.08. The molecule has 2 unspecified atom stereocenters. The lowest BCUT2D eigenvalue weighted by molar-refractivity contribution is 0.0355. The highest BCUT2D eigenvalue weighted by atomic mass is 16.6. The highest BCUT2D eigenvalue weighted by Crippen LogP contribution is 2.17. The van der Waals surface area contributed by atoms with Crippen LogP contribution in [0.3, 0.4) is 0 Å². The molecule has 138 valence electrons. The summed E-state index contributed by atoms with van der Waals surface area (Å²) in [5, 5.41) is 2.75. The first-order valence-corrected chi connectivity index (χ1v) is 8.49. The Balaban J connectivity index is 1.88. The summed E-state index contributed by atoms with van der Waals surface area (Å²) in [4.78, 5) is 25.7. The van der Waals surface area contributed by atoms with E-state index in [-0.39, 0.29) is 12.6 Å². The lowest BCUT2D eigenvalue weighted by Gasteiger charge is -2.38. The van der Waals surface area contributed by atoms with Gasteiger partial charge in [-0.25, -0.2) is 9.59 Å². The Kier molecular flexibility index (Phi) is 6.25. The van der Waals surface area contributed by atoms with Crippen LogP contribution < -0.4 is 11.1 Å². The number of hydrogen-bond donors (Lipinski definition) is 2. The van der Waals surface area contributed by atoms with Crippen molar-refractivity contribution in [2.24, 2.45) is 5.73 Å². The van der Waals surface area contributed by atoms with Crippen molar-refractivity contribution < 1.29 is 19.1 Å². The quantitative estimate of drug-likeness (QED) is 0.875. The van der Waals surface area contributed by atoms with E-state index < -0.39 is 24.0 Å². The first-order chi connectivity index (χ1) is 11.8. The highest BCUT2D eigenvalue weighted by molar-refractivity contribution is 5.70. The van der Waals surface area contributed by atoms with Crippen molar-refractivity contribution in [3.05, 3.63) is 35.9 Å². The van der Waals surface area contributed by atoms with Gasteiger partial charge in [0.05, 0.1) is 6.04 Å². The molecule has 1 fully saturated rings. The van der Waals surface area contributed by atoms with E-state index in [9.17, 15) is 9.59 Å².